The lowest BCUT2D eigenvalue weighted by molar-refractivity contribution is -0.131. The second-order valence-electron chi connectivity index (χ2n) is 7.75. The van der Waals surface area contributed by atoms with Gasteiger partial charge in [-0.15, -0.1) is 0 Å². The first-order chi connectivity index (χ1) is 15.0. The summed E-state index contributed by atoms with van der Waals surface area (Å²) in [5, 5.41) is 3.40. The number of nitrogens with one attached hydrogen (secondary N) is 1. The van der Waals surface area contributed by atoms with E-state index in [2.05, 4.69) is 5.32 Å². The molecule has 1 aliphatic rings. The van der Waals surface area contributed by atoms with Gasteiger partial charge in [-0.05, 0) is 43.7 Å². The molecule has 4 nitrogen and oxygen atoms in total. The summed E-state index contributed by atoms with van der Waals surface area (Å²) in [6.07, 6.45) is 0.0816. The van der Waals surface area contributed by atoms with E-state index >= 15 is 0 Å². The van der Waals surface area contributed by atoms with E-state index in [4.69, 9.17) is 0 Å². The predicted molar refractivity (Wildman–Crippen MR) is 123 cm³/mol. The molecule has 0 radical (unpaired) electrons. The molecule has 31 heavy (non-hydrogen) atoms. The molecular weight excluding hydrogens is 406 g/mol. The fourth-order valence-electron chi connectivity index (χ4n) is 4.18. The van der Waals surface area contributed by atoms with Gasteiger partial charge in [-0.2, -0.15) is 0 Å². The van der Waals surface area contributed by atoms with Crippen LogP contribution in [0.2, 0.25) is 0 Å². The maximum Gasteiger partial charge on any atom is 0.165 e. The standard InChI is InChI=1S/C26H23NO3S/c1-16(28)25(17(2)29)20(18-9-4-3-5-10-18)15-22(30)19-11-8-14-24-26(19)27-21-12-6-7-13-23(21)31-24/h3-14,20,25,27H,15H2,1-2H3. The van der Waals surface area contributed by atoms with Crippen LogP contribution in [0.5, 0.6) is 0 Å². The summed E-state index contributed by atoms with van der Waals surface area (Å²) in [6, 6.07) is 23.0. The minimum absolute atomic E-state index is 0.0816. The molecule has 0 amide bonds. The van der Waals surface area contributed by atoms with Crippen molar-refractivity contribution in [1.82, 2.24) is 0 Å². The second-order valence-corrected chi connectivity index (χ2v) is 8.83. The molecule has 4 rings (SSSR count). The Morgan fingerprint density at radius 3 is 2.16 bits per heavy atom. The second kappa shape index (κ2) is 8.90. The molecule has 0 saturated carbocycles. The van der Waals surface area contributed by atoms with E-state index in [-0.39, 0.29) is 23.8 Å². The van der Waals surface area contributed by atoms with E-state index in [9.17, 15) is 14.4 Å². The van der Waals surface area contributed by atoms with Crippen LogP contribution in [0.4, 0.5) is 11.4 Å². The van der Waals surface area contributed by atoms with Crippen molar-refractivity contribution in [3.05, 3.63) is 83.9 Å². The number of anilines is 2. The van der Waals surface area contributed by atoms with E-state index in [1.54, 1.807) is 17.8 Å². The lowest BCUT2D eigenvalue weighted by Gasteiger charge is -2.25. The van der Waals surface area contributed by atoms with Gasteiger partial charge in [-0.1, -0.05) is 60.3 Å². The van der Waals surface area contributed by atoms with Gasteiger partial charge >= 0.3 is 0 Å². The largest absolute Gasteiger partial charge is 0.353 e. The van der Waals surface area contributed by atoms with Crippen molar-refractivity contribution in [3.8, 4) is 0 Å². The van der Waals surface area contributed by atoms with Gasteiger partial charge in [0.05, 0.1) is 17.3 Å². The molecule has 1 heterocycles. The van der Waals surface area contributed by atoms with Crippen LogP contribution < -0.4 is 5.32 Å². The van der Waals surface area contributed by atoms with Crippen LogP contribution in [-0.2, 0) is 9.59 Å². The van der Waals surface area contributed by atoms with Gasteiger partial charge in [0, 0.05) is 27.7 Å². The molecule has 5 heteroatoms. The monoisotopic (exact) mass is 429 g/mol. The number of fused-ring (bicyclic) bond motifs is 2. The highest BCUT2D eigenvalue weighted by molar-refractivity contribution is 7.99. The molecule has 0 aromatic heterocycles. The van der Waals surface area contributed by atoms with Crippen LogP contribution in [0.3, 0.4) is 0 Å². The van der Waals surface area contributed by atoms with Crippen LogP contribution in [0.25, 0.3) is 0 Å². The number of ketones is 3. The van der Waals surface area contributed by atoms with Crippen molar-refractivity contribution >= 4 is 40.5 Å². The number of benzene rings is 3. The Labute approximate surface area is 186 Å². The third-order valence-electron chi connectivity index (χ3n) is 5.60. The zero-order valence-electron chi connectivity index (χ0n) is 17.4. The fourth-order valence-corrected chi connectivity index (χ4v) is 5.20. The van der Waals surface area contributed by atoms with Gasteiger partial charge in [0.25, 0.3) is 0 Å². The normalized spacial score (nSPS) is 13.0. The summed E-state index contributed by atoms with van der Waals surface area (Å²) < 4.78 is 0. The summed E-state index contributed by atoms with van der Waals surface area (Å²) in [6.45, 7) is 2.85. The molecule has 0 saturated heterocycles. The van der Waals surface area contributed by atoms with Crippen LogP contribution in [0.15, 0.2) is 82.6 Å². The topological polar surface area (TPSA) is 63.2 Å². The summed E-state index contributed by atoms with van der Waals surface area (Å²) in [7, 11) is 0. The number of Topliss-reactive ketones (excluding diaryl/α,β-unsaturated/α-hetero) is 3. The highest BCUT2D eigenvalue weighted by Gasteiger charge is 2.33. The third kappa shape index (κ3) is 4.32. The predicted octanol–water partition coefficient (Wildman–Crippen LogP) is 6.05. The Bertz CT molecular complexity index is 1140. The summed E-state index contributed by atoms with van der Waals surface area (Å²) in [4.78, 5) is 40.3. The lowest BCUT2D eigenvalue weighted by Crippen LogP contribution is -2.29. The van der Waals surface area contributed by atoms with Crippen LogP contribution >= 0.6 is 11.8 Å². The molecule has 1 atom stereocenters. The quantitative estimate of drug-likeness (QED) is 0.286. The molecule has 156 valence electrons. The minimum atomic E-state index is -0.839. The zero-order valence-corrected chi connectivity index (χ0v) is 18.2. The number of rotatable bonds is 7. The van der Waals surface area contributed by atoms with E-state index in [0.29, 0.717) is 5.56 Å². The molecule has 0 bridgehead atoms. The number of para-hydroxylation sites is 2. The Balaban J connectivity index is 1.69. The maximum absolute atomic E-state index is 13.5. The molecule has 0 aliphatic carbocycles. The van der Waals surface area contributed by atoms with E-state index in [0.717, 1.165) is 26.7 Å². The van der Waals surface area contributed by atoms with Crippen molar-refractivity contribution in [2.45, 2.75) is 36.0 Å². The molecule has 0 spiro atoms. The first-order valence-corrected chi connectivity index (χ1v) is 11.0. The van der Waals surface area contributed by atoms with Gasteiger partial charge in [0.15, 0.2) is 5.78 Å². The average molecular weight is 430 g/mol. The van der Waals surface area contributed by atoms with Crippen LogP contribution in [-0.4, -0.2) is 17.3 Å². The maximum atomic E-state index is 13.5. The SMILES string of the molecule is CC(=O)C(C(C)=O)C(CC(=O)c1cccc2c1Nc1ccccc1S2)c1ccccc1. The third-order valence-corrected chi connectivity index (χ3v) is 6.74. The summed E-state index contributed by atoms with van der Waals surface area (Å²) in [5.74, 6) is -1.86. The number of carbonyl (C=O) groups excluding carboxylic acids is 3. The number of carbonyl (C=O) groups is 3. The van der Waals surface area contributed by atoms with Crippen molar-refractivity contribution in [2.24, 2.45) is 5.92 Å². The van der Waals surface area contributed by atoms with Gasteiger partial charge in [-0.25, -0.2) is 0 Å². The molecule has 0 fully saturated rings. The Kier molecular flexibility index (Phi) is 6.05. The first kappa shape index (κ1) is 21.1. The van der Waals surface area contributed by atoms with E-state index in [1.807, 2.05) is 66.7 Å². The Morgan fingerprint density at radius 1 is 0.806 bits per heavy atom. The molecule has 1 aliphatic heterocycles. The van der Waals surface area contributed by atoms with Crippen molar-refractivity contribution in [3.63, 3.8) is 0 Å². The van der Waals surface area contributed by atoms with Gasteiger partial charge < -0.3 is 5.32 Å². The molecule has 3 aromatic carbocycles. The summed E-state index contributed by atoms with van der Waals surface area (Å²) >= 11 is 1.62. The minimum Gasteiger partial charge on any atom is -0.353 e. The van der Waals surface area contributed by atoms with Crippen molar-refractivity contribution in [2.75, 3.05) is 5.32 Å². The number of hydrogen-bond donors (Lipinski definition) is 1. The van der Waals surface area contributed by atoms with Gasteiger partial charge in [0.1, 0.15) is 11.6 Å². The zero-order chi connectivity index (χ0) is 22.0. The first-order valence-electron chi connectivity index (χ1n) is 10.2. The van der Waals surface area contributed by atoms with Gasteiger partial charge in [0.2, 0.25) is 0 Å². The molecule has 1 N–H and O–H groups in total. The smallest absolute Gasteiger partial charge is 0.165 e. The Hall–Kier alpha value is -3.18. The Morgan fingerprint density at radius 2 is 1.45 bits per heavy atom. The van der Waals surface area contributed by atoms with Crippen molar-refractivity contribution < 1.29 is 14.4 Å². The molecule has 1 unspecified atom stereocenters. The highest BCUT2D eigenvalue weighted by Crippen LogP contribution is 2.46. The average Bonchev–Trinajstić information content (AvgIpc) is 2.76. The lowest BCUT2D eigenvalue weighted by atomic mass is 9.77. The van der Waals surface area contributed by atoms with Crippen molar-refractivity contribution in [1.29, 1.82) is 0 Å². The number of hydrogen-bond acceptors (Lipinski definition) is 5. The van der Waals surface area contributed by atoms with Crippen LogP contribution in [0.1, 0.15) is 42.1 Å². The summed E-state index contributed by atoms with van der Waals surface area (Å²) in [5.41, 5.74) is 3.14. The molecule has 3 aromatic rings. The molecular formula is C26H23NO3S. The van der Waals surface area contributed by atoms with Gasteiger partial charge in [-0.3, -0.25) is 14.4 Å². The fraction of sp³-hybridized carbons (Fsp3) is 0.192. The van der Waals surface area contributed by atoms with E-state index in [1.165, 1.54) is 13.8 Å². The highest BCUT2D eigenvalue weighted by atomic mass is 32.2. The van der Waals surface area contributed by atoms with E-state index < -0.39 is 11.8 Å². The van der Waals surface area contributed by atoms with Crippen LogP contribution in [0, 0.1) is 5.92 Å².